The number of para-hydroxylation sites is 2. The predicted molar refractivity (Wildman–Crippen MR) is 98.2 cm³/mol. The number of esters is 2. The molecule has 0 radical (unpaired) electrons. The van der Waals surface area contributed by atoms with Gasteiger partial charge in [0, 0.05) is 0 Å². The van der Waals surface area contributed by atoms with E-state index in [-0.39, 0.29) is 31.1 Å². The van der Waals surface area contributed by atoms with Crippen molar-refractivity contribution in [3.8, 4) is 5.75 Å². The number of hydrogen-bond acceptors (Lipinski definition) is 8. The van der Waals surface area contributed by atoms with E-state index in [4.69, 9.17) is 14.2 Å². The van der Waals surface area contributed by atoms with E-state index in [2.05, 4.69) is 15.6 Å². The fraction of sp³-hybridized carbons (Fsp3) is 0.389. The summed E-state index contributed by atoms with van der Waals surface area (Å²) in [5, 5.41) is 10.1. The lowest BCUT2D eigenvalue weighted by Gasteiger charge is -2.12. The Morgan fingerprint density at radius 1 is 1.00 bits per heavy atom. The molecule has 0 atom stereocenters. The van der Waals surface area contributed by atoms with E-state index in [1.54, 1.807) is 38.1 Å². The summed E-state index contributed by atoms with van der Waals surface area (Å²) in [6.07, 6.45) is 0. The van der Waals surface area contributed by atoms with Crippen LogP contribution >= 0.6 is 0 Å². The fourth-order valence-corrected chi connectivity index (χ4v) is 2.34. The molecule has 10 nitrogen and oxygen atoms in total. The third-order valence-electron chi connectivity index (χ3n) is 3.43. The van der Waals surface area contributed by atoms with Crippen molar-refractivity contribution in [2.75, 3.05) is 25.1 Å². The molecule has 10 heteroatoms. The highest BCUT2D eigenvalue weighted by Crippen LogP contribution is 2.23. The zero-order valence-electron chi connectivity index (χ0n) is 15.9. The second-order valence-corrected chi connectivity index (χ2v) is 5.36. The van der Waals surface area contributed by atoms with Crippen molar-refractivity contribution < 1.29 is 28.6 Å². The summed E-state index contributed by atoms with van der Waals surface area (Å²) < 4.78 is 16.3. The third-order valence-corrected chi connectivity index (χ3v) is 3.43. The molecule has 0 bridgehead atoms. The highest BCUT2D eigenvalue weighted by atomic mass is 16.5. The molecule has 0 fully saturated rings. The van der Waals surface area contributed by atoms with Crippen LogP contribution in [0.4, 0.5) is 5.69 Å². The van der Waals surface area contributed by atoms with Gasteiger partial charge in [0.25, 0.3) is 0 Å². The Balaban J connectivity index is 2.24. The molecular weight excluding hydrogens is 368 g/mol. The molecule has 1 aromatic carbocycles. The van der Waals surface area contributed by atoms with Crippen LogP contribution in [0.3, 0.4) is 0 Å². The van der Waals surface area contributed by atoms with Crippen molar-refractivity contribution in [2.45, 2.75) is 27.3 Å². The molecule has 1 aromatic heterocycles. The predicted octanol–water partition coefficient (Wildman–Crippen LogP) is 1.67. The van der Waals surface area contributed by atoms with Crippen molar-refractivity contribution >= 4 is 23.5 Å². The maximum Gasteiger partial charge on any atom is 0.361 e. The first-order chi connectivity index (χ1) is 13.5. The van der Waals surface area contributed by atoms with Gasteiger partial charge in [-0.15, -0.1) is 5.10 Å². The van der Waals surface area contributed by atoms with Crippen molar-refractivity contribution in [1.29, 1.82) is 0 Å². The van der Waals surface area contributed by atoms with Gasteiger partial charge in [0.2, 0.25) is 11.6 Å². The van der Waals surface area contributed by atoms with Crippen LogP contribution in [0.2, 0.25) is 0 Å². The second kappa shape index (κ2) is 10.0. The molecule has 0 saturated carbocycles. The standard InChI is InChI=1S/C18H22N4O6/c1-4-26-13-10-8-7-9-12(13)19-14(23)11-22-16(18(25)28-6-3)15(20-21-22)17(24)27-5-2/h7-10H,4-6,11H2,1-3H3,(H,19,23). The minimum absolute atomic E-state index is 0.0835. The van der Waals surface area contributed by atoms with Crippen LogP contribution in [-0.2, 0) is 20.8 Å². The number of carbonyl (C=O) groups excluding carboxylic acids is 3. The molecule has 0 saturated heterocycles. The van der Waals surface area contributed by atoms with E-state index in [1.807, 2.05) is 6.92 Å². The summed E-state index contributed by atoms with van der Waals surface area (Å²) in [6.45, 7) is 5.33. The molecule has 1 amide bonds. The topological polar surface area (TPSA) is 122 Å². The number of ether oxygens (including phenoxy) is 3. The Hall–Kier alpha value is -3.43. The Kier molecular flexibility index (Phi) is 7.49. The van der Waals surface area contributed by atoms with Gasteiger partial charge in [-0.05, 0) is 32.9 Å². The van der Waals surface area contributed by atoms with Crippen LogP contribution in [0.5, 0.6) is 5.75 Å². The monoisotopic (exact) mass is 390 g/mol. The van der Waals surface area contributed by atoms with Crippen molar-refractivity contribution in [2.24, 2.45) is 0 Å². The number of carbonyl (C=O) groups is 3. The van der Waals surface area contributed by atoms with Gasteiger partial charge in [0.1, 0.15) is 12.3 Å². The molecule has 0 spiro atoms. The number of anilines is 1. The number of amides is 1. The molecule has 1 N–H and O–H groups in total. The van der Waals surface area contributed by atoms with E-state index in [0.29, 0.717) is 18.0 Å². The lowest BCUT2D eigenvalue weighted by Crippen LogP contribution is -2.24. The maximum absolute atomic E-state index is 12.5. The molecule has 150 valence electrons. The summed E-state index contributed by atoms with van der Waals surface area (Å²) in [5.74, 6) is -1.62. The van der Waals surface area contributed by atoms with Gasteiger partial charge < -0.3 is 19.5 Å². The molecule has 1 heterocycles. The number of aromatic nitrogens is 3. The first kappa shape index (κ1) is 20.9. The fourth-order valence-electron chi connectivity index (χ4n) is 2.34. The van der Waals surface area contributed by atoms with E-state index in [9.17, 15) is 14.4 Å². The summed E-state index contributed by atoms with van der Waals surface area (Å²) >= 11 is 0. The first-order valence-electron chi connectivity index (χ1n) is 8.81. The molecule has 0 unspecified atom stereocenters. The average molecular weight is 390 g/mol. The van der Waals surface area contributed by atoms with E-state index < -0.39 is 17.8 Å². The van der Waals surface area contributed by atoms with Crippen LogP contribution in [0, 0.1) is 0 Å². The van der Waals surface area contributed by atoms with E-state index in [1.165, 1.54) is 0 Å². The number of nitrogens with one attached hydrogen (secondary N) is 1. The van der Waals surface area contributed by atoms with Gasteiger partial charge >= 0.3 is 11.9 Å². The van der Waals surface area contributed by atoms with Crippen LogP contribution < -0.4 is 10.1 Å². The Morgan fingerprint density at radius 2 is 1.68 bits per heavy atom. The summed E-state index contributed by atoms with van der Waals surface area (Å²) in [4.78, 5) is 36.7. The number of benzene rings is 1. The molecule has 2 rings (SSSR count). The molecule has 28 heavy (non-hydrogen) atoms. The summed E-state index contributed by atoms with van der Waals surface area (Å²) in [7, 11) is 0. The largest absolute Gasteiger partial charge is 0.492 e. The van der Waals surface area contributed by atoms with Crippen molar-refractivity contribution in [1.82, 2.24) is 15.0 Å². The van der Waals surface area contributed by atoms with Gasteiger partial charge in [0.05, 0.1) is 25.5 Å². The van der Waals surface area contributed by atoms with E-state index >= 15 is 0 Å². The minimum Gasteiger partial charge on any atom is -0.492 e. The van der Waals surface area contributed by atoms with Crippen LogP contribution in [0.25, 0.3) is 0 Å². The quantitative estimate of drug-likeness (QED) is 0.642. The van der Waals surface area contributed by atoms with Gasteiger partial charge in [-0.3, -0.25) is 4.79 Å². The van der Waals surface area contributed by atoms with Crippen LogP contribution in [-0.4, -0.2) is 52.7 Å². The van der Waals surface area contributed by atoms with Crippen LogP contribution in [0.1, 0.15) is 41.7 Å². The van der Waals surface area contributed by atoms with Gasteiger partial charge in [-0.25, -0.2) is 14.3 Å². The summed E-state index contributed by atoms with van der Waals surface area (Å²) in [6, 6.07) is 6.93. The zero-order valence-corrected chi connectivity index (χ0v) is 15.9. The van der Waals surface area contributed by atoms with Crippen LogP contribution in [0.15, 0.2) is 24.3 Å². The summed E-state index contributed by atoms with van der Waals surface area (Å²) in [5.41, 5.74) is -0.0749. The Labute approximate surface area is 161 Å². The van der Waals surface area contributed by atoms with Crippen molar-refractivity contribution in [3.05, 3.63) is 35.7 Å². The SMILES string of the molecule is CCOC(=O)c1nnn(CC(=O)Nc2ccccc2OCC)c1C(=O)OCC. The average Bonchev–Trinajstić information content (AvgIpc) is 3.07. The molecular formula is C18H22N4O6. The van der Waals surface area contributed by atoms with Gasteiger partial charge in [-0.2, -0.15) is 0 Å². The maximum atomic E-state index is 12.5. The molecule has 0 aliphatic carbocycles. The van der Waals surface area contributed by atoms with Crippen molar-refractivity contribution in [3.63, 3.8) is 0 Å². The number of hydrogen-bond donors (Lipinski definition) is 1. The molecule has 0 aliphatic heterocycles. The lowest BCUT2D eigenvalue weighted by atomic mass is 10.3. The lowest BCUT2D eigenvalue weighted by molar-refractivity contribution is -0.117. The van der Waals surface area contributed by atoms with Gasteiger partial charge in [0.15, 0.2) is 5.69 Å². The number of rotatable bonds is 9. The van der Waals surface area contributed by atoms with E-state index in [0.717, 1.165) is 4.68 Å². The Bertz CT molecular complexity index is 848. The highest BCUT2D eigenvalue weighted by Gasteiger charge is 2.28. The smallest absolute Gasteiger partial charge is 0.361 e. The first-order valence-corrected chi connectivity index (χ1v) is 8.81. The minimum atomic E-state index is -0.821. The normalized spacial score (nSPS) is 10.2. The number of nitrogens with zero attached hydrogens (tertiary/aromatic N) is 3. The Morgan fingerprint density at radius 3 is 2.36 bits per heavy atom. The highest BCUT2D eigenvalue weighted by molar-refractivity contribution is 6.01. The molecule has 2 aromatic rings. The van der Waals surface area contributed by atoms with Gasteiger partial charge in [-0.1, -0.05) is 17.3 Å². The zero-order chi connectivity index (χ0) is 20.5. The third kappa shape index (κ3) is 5.06. The molecule has 0 aliphatic rings. The second-order valence-electron chi connectivity index (χ2n) is 5.36.